The number of hydrogen-bond acceptors (Lipinski definition) is 9. The molecule has 0 unspecified atom stereocenters. The summed E-state index contributed by atoms with van der Waals surface area (Å²) < 4.78 is 6.91. The van der Waals surface area contributed by atoms with Gasteiger partial charge >= 0.3 is 5.69 Å². The van der Waals surface area contributed by atoms with Gasteiger partial charge in [0.05, 0.1) is 11.5 Å². The number of thiocarbonyl (C=S) groups is 1. The summed E-state index contributed by atoms with van der Waals surface area (Å²) in [6.45, 7) is 3.82. The van der Waals surface area contributed by atoms with Crippen LogP contribution in [0, 0.1) is 17.0 Å². The molecule has 0 spiro atoms. The molecule has 0 atom stereocenters. The molecule has 168 valence electrons. The Balaban J connectivity index is 1.41. The van der Waals surface area contributed by atoms with Gasteiger partial charge in [-0.25, -0.2) is 0 Å². The summed E-state index contributed by atoms with van der Waals surface area (Å²) in [5.41, 5.74) is 1.34. The van der Waals surface area contributed by atoms with E-state index >= 15 is 0 Å². The lowest BCUT2D eigenvalue weighted by molar-refractivity contribution is -0.385. The molecular formula is C20H17N7O4S2. The Morgan fingerprint density at radius 1 is 1.24 bits per heavy atom. The molecule has 13 heteroatoms. The first-order chi connectivity index (χ1) is 15.9. The van der Waals surface area contributed by atoms with Crippen LogP contribution in [0.2, 0.25) is 0 Å². The van der Waals surface area contributed by atoms with Crippen molar-refractivity contribution in [2.75, 3.05) is 11.9 Å². The monoisotopic (exact) mass is 483 g/mol. The molecule has 0 aliphatic rings. The first kappa shape index (κ1) is 22.2. The molecule has 33 heavy (non-hydrogen) atoms. The SMILES string of the molecule is CCOc1ccc(C(=O)NC(=S)Nc2ccc(-c3nn4c(C)nnc4s3)cc2)cc1[N+](=O)[O-]. The molecule has 2 heterocycles. The van der Waals surface area contributed by atoms with Crippen LogP contribution in [0.3, 0.4) is 0 Å². The molecule has 2 N–H and O–H groups in total. The van der Waals surface area contributed by atoms with E-state index in [-0.39, 0.29) is 28.7 Å². The Labute approximate surface area is 196 Å². The summed E-state index contributed by atoms with van der Waals surface area (Å²) >= 11 is 6.63. The highest BCUT2D eigenvalue weighted by atomic mass is 32.1. The zero-order valence-corrected chi connectivity index (χ0v) is 19.1. The third kappa shape index (κ3) is 4.78. The van der Waals surface area contributed by atoms with E-state index in [1.807, 2.05) is 19.1 Å². The van der Waals surface area contributed by atoms with Crippen LogP contribution in [-0.2, 0) is 0 Å². The van der Waals surface area contributed by atoms with E-state index in [9.17, 15) is 14.9 Å². The van der Waals surface area contributed by atoms with Crippen LogP contribution in [0.1, 0.15) is 23.1 Å². The average molecular weight is 484 g/mol. The van der Waals surface area contributed by atoms with Crippen molar-refractivity contribution >= 4 is 50.9 Å². The van der Waals surface area contributed by atoms with E-state index in [2.05, 4.69) is 25.9 Å². The maximum Gasteiger partial charge on any atom is 0.311 e. The lowest BCUT2D eigenvalue weighted by atomic mass is 10.1. The Hall–Kier alpha value is -3.97. The number of nitrogens with one attached hydrogen (secondary N) is 2. The van der Waals surface area contributed by atoms with Gasteiger partial charge in [-0.2, -0.15) is 9.61 Å². The molecule has 2 aromatic carbocycles. The molecule has 4 rings (SSSR count). The minimum absolute atomic E-state index is 0.0544. The number of benzene rings is 2. The second-order valence-corrected chi connectivity index (χ2v) is 8.07. The number of hydrogen-bond donors (Lipinski definition) is 2. The second kappa shape index (κ2) is 9.26. The number of rotatable bonds is 6. The summed E-state index contributed by atoms with van der Waals surface area (Å²) in [5, 5.41) is 30.1. The van der Waals surface area contributed by atoms with Gasteiger partial charge in [0.15, 0.2) is 16.7 Å². The Morgan fingerprint density at radius 2 is 2.00 bits per heavy atom. The fourth-order valence-corrected chi connectivity index (χ4v) is 4.04. The summed E-state index contributed by atoms with van der Waals surface area (Å²) in [7, 11) is 0. The van der Waals surface area contributed by atoms with Crippen LogP contribution < -0.4 is 15.4 Å². The zero-order valence-electron chi connectivity index (χ0n) is 17.4. The lowest BCUT2D eigenvalue weighted by Gasteiger charge is -2.10. The van der Waals surface area contributed by atoms with Gasteiger partial charge in [0.25, 0.3) is 5.91 Å². The van der Waals surface area contributed by atoms with Gasteiger partial charge in [0.1, 0.15) is 5.01 Å². The van der Waals surface area contributed by atoms with Crippen LogP contribution in [0.5, 0.6) is 5.75 Å². The summed E-state index contributed by atoms with van der Waals surface area (Å²) in [6.07, 6.45) is 0. The van der Waals surface area contributed by atoms with Crippen molar-refractivity contribution in [1.82, 2.24) is 25.1 Å². The van der Waals surface area contributed by atoms with Crippen molar-refractivity contribution < 1.29 is 14.5 Å². The quantitative estimate of drug-likeness (QED) is 0.239. The predicted octanol–water partition coefficient (Wildman–Crippen LogP) is 3.59. The number of nitro groups is 1. The molecule has 2 aromatic heterocycles. The fraction of sp³-hybridized carbons (Fsp3) is 0.150. The smallest absolute Gasteiger partial charge is 0.311 e. The highest BCUT2D eigenvalue weighted by molar-refractivity contribution is 7.80. The predicted molar refractivity (Wildman–Crippen MR) is 127 cm³/mol. The van der Waals surface area contributed by atoms with Gasteiger partial charge in [0, 0.05) is 22.9 Å². The minimum Gasteiger partial charge on any atom is -0.487 e. The van der Waals surface area contributed by atoms with Crippen molar-refractivity contribution in [3.63, 3.8) is 0 Å². The lowest BCUT2D eigenvalue weighted by Crippen LogP contribution is -2.34. The number of aryl methyl sites for hydroxylation is 1. The van der Waals surface area contributed by atoms with Crippen molar-refractivity contribution in [2.24, 2.45) is 0 Å². The average Bonchev–Trinajstić information content (AvgIpc) is 3.36. The number of nitrogens with zero attached hydrogens (tertiary/aromatic N) is 5. The molecule has 0 radical (unpaired) electrons. The van der Waals surface area contributed by atoms with E-state index in [1.165, 1.54) is 23.5 Å². The molecule has 0 aliphatic heterocycles. The van der Waals surface area contributed by atoms with Crippen LogP contribution in [-0.4, -0.2) is 42.4 Å². The normalized spacial score (nSPS) is 10.7. The van der Waals surface area contributed by atoms with Gasteiger partial charge in [-0.15, -0.1) is 10.2 Å². The van der Waals surface area contributed by atoms with Crippen molar-refractivity contribution in [1.29, 1.82) is 0 Å². The Morgan fingerprint density at radius 3 is 2.67 bits per heavy atom. The molecule has 0 saturated heterocycles. The van der Waals surface area contributed by atoms with Crippen LogP contribution >= 0.6 is 23.6 Å². The number of carbonyl (C=O) groups is 1. The number of carbonyl (C=O) groups excluding carboxylic acids is 1. The fourth-order valence-electron chi connectivity index (χ4n) is 2.94. The molecule has 1 amide bonds. The largest absolute Gasteiger partial charge is 0.487 e. The topological polar surface area (TPSA) is 137 Å². The number of ether oxygens (including phenoxy) is 1. The Kier molecular flexibility index (Phi) is 6.24. The molecule has 11 nitrogen and oxygen atoms in total. The standard InChI is InChI=1S/C20H17N7O4S2/c1-3-31-16-9-6-13(10-15(16)27(29)30)17(28)22-19(32)21-14-7-4-12(5-8-14)18-25-26-11(2)23-24-20(26)33-18/h4-10H,3H2,1-2H3,(H2,21,22,28,32). The third-order valence-electron chi connectivity index (χ3n) is 4.48. The van der Waals surface area contributed by atoms with E-state index in [1.54, 1.807) is 23.6 Å². The molecule has 0 saturated carbocycles. The van der Waals surface area contributed by atoms with Crippen molar-refractivity contribution in [3.8, 4) is 16.3 Å². The molecule has 0 bridgehead atoms. The van der Waals surface area contributed by atoms with Crippen LogP contribution in [0.15, 0.2) is 42.5 Å². The maximum absolute atomic E-state index is 12.5. The van der Waals surface area contributed by atoms with Crippen LogP contribution in [0.4, 0.5) is 11.4 Å². The number of amides is 1. The number of fused-ring (bicyclic) bond motifs is 1. The van der Waals surface area contributed by atoms with Crippen LogP contribution in [0.25, 0.3) is 15.5 Å². The number of anilines is 1. The van der Waals surface area contributed by atoms with Gasteiger partial charge in [-0.05, 0) is 62.5 Å². The highest BCUT2D eigenvalue weighted by Crippen LogP contribution is 2.28. The first-order valence-corrected chi connectivity index (χ1v) is 10.9. The Bertz CT molecular complexity index is 1360. The van der Waals surface area contributed by atoms with E-state index in [0.717, 1.165) is 16.6 Å². The summed E-state index contributed by atoms with van der Waals surface area (Å²) in [6, 6.07) is 11.3. The summed E-state index contributed by atoms with van der Waals surface area (Å²) in [5.74, 6) is 0.231. The van der Waals surface area contributed by atoms with Gasteiger partial charge in [0.2, 0.25) is 4.96 Å². The molecular weight excluding hydrogens is 466 g/mol. The highest BCUT2D eigenvalue weighted by Gasteiger charge is 2.19. The third-order valence-corrected chi connectivity index (χ3v) is 5.63. The number of nitro benzene ring substituents is 1. The van der Waals surface area contributed by atoms with Crippen molar-refractivity contribution in [2.45, 2.75) is 13.8 Å². The number of aromatic nitrogens is 4. The maximum atomic E-state index is 12.5. The van der Waals surface area contributed by atoms with Crippen molar-refractivity contribution in [3.05, 3.63) is 64.0 Å². The summed E-state index contributed by atoms with van der Waals surface area (Å²) in [4.78, 5) is 23.9. The van der Waals surface area contributed by atoms with E-state index in [4.69, 9.17) is 17.0 Å². The van der Waals surface area contributed by atoms with Gasteiger partial charge in [-0.1, -0.05) is 11.3 Å². The zero-order chi connectivity index (χ0) is 23.5. The molecule has 0 fully saturated rings. The van der Waals surface area contributed by atoms with E-state index in [0.29, 0.717) is 16.5 Å². The van der Waals surface area contributed by atoms with E-state index < -0.39 is 10.8 Å². The van der Waals surface area contributed by atoms with Gasteiger partial charge in [-0.3, -0.25) is 20.2 Å². The first-order valence-electron chi connectivity index (χ1n) is 9.68. The van der Waals surface area contributed by atoms with Gasteiger partial charge < -0.3 is 10.1 Å². The second-order valence-electron chi connectivity index (χ2n) is 6.71. The molecule has 4 aromatic rings. The minimum atomic E-state index is -0.599. The molecule has 0 aliphatic carbocycles.